The molecule has 0 aliphatic carbocycles. The summed E-state index contributed by atoms with van der Waals surface area (Å²) in [5.41, 5.74) is 0. The third kappa shape index (κ3) is 5.65. The average Bonchev–Trinajstić information content (AvgIpc) is 2.94. The third-order valence-corrected chi connectivity index (χ3v) is 7.11. The Kier molecular flexibility index (Phi) is 6.80. The summed E-state index contributed by atoms with van der Waals surface area (Å²) in [6.07, 6.45) is 0. The van der Waals surface area contributed by atoms with E-state index in [4.69, 9.17) is 11.6 Å². The number of sulfonamides is 1. The molecule has 1 aromatic rings. The Labute approximate surface area is 156 Å². The zero-order valence-electron chi connectivity index (χ0n) is 14.0. The van der Waals surface area contributed by atoms with Gasteiger partial charge in [0.15, 0.2) is 0 Å². The summed E-state index contributed by atoms with van der Waals surface area (Å²) in [6, 6.07) is 2.46. The van der Waals surface area contributed by atoms with Crippen molar-refractivity contribution in [1.82, 2.24) is 19.8 Å². The number of carbonyl (C=O) groups excluding carboxylic acids is 2. The molecule has 25 heavy (non-hydrogen) atoms. The van der Waals surface area contributed by atoms with Crippen molar-refractivity contribution in [1.29, 1.82) is 0 Å². The van der Waals surface area contributed by atoms with Crippen molar-refractivity contribution >= 4 is 44.9 Å². The first-order chi connectivity index (χ1) is 11.7. The number of carbonyl (C=O) groups is 2. The first-order valence-corrected chi connectivity index (χ1v) is 10.4. The molecule has 1 aromatic heterocycles. The largest absolute Gasteiger partial charge is 0.336 e. The monoisotopic (exact) mass is 408 g/mol. The standard InChI is InChI=1S/C14H21ClN4O4S2/c1-10(2)16-14(21)17-12(20)9-18-5-7-19(8-6-18)25(22,23)13-4-3-11(15)24-13/h3-4,10H,5-9H2,1-2H3,(H2,16,17,20,21). The first kappa shape index (κ1) is 20.1. The molecule has 140 valence electrons. The van der Waals surface area contributed by atoms with Crippen LogP contribution in [0.15, 0.2) is 16.3 Å². The normalized spacial score (nSPS) is 16.8. The molecule has 2 heterocycles. The Hall–Kier alpha value is -1.20. The van der Waals surface area contributed by atoms with Crippen LogP contribution in [0.5, 0.6) is 0 Å². The molecule has 1 fully saturated rings. The van der Waals surface area contributed by atoms with Gasteiger partial charge >= 0.3 is 6.03 Å². The number of amides is 3. The molecule has 1 saturated heterocycles. The first-order valence-electron chi connectivity index (χ1n) is 7.76. The number of nitrogens with one attached hydrogen (secondary N) is 2. The van der Waals surface area contributed by atoms with Crippen LogP contribution in [0, 0.1) is 0 Å². The zero-order chi connectivity index (χ0) is 18.6. The fraction of sp³-hybridized carbons (Fsp3) is 0.571. The van der Waals surface area contributed by atoms with Crippen LogP contribution in [-0.2, 0) is 14.8 Å². The fourth-order valence-corrected chi connectivity index (χ4v) is 5.42. The predicted octanol–water partition coefficient (Wildman–Crippen LogP) is 0.942. The van der Waals surface area contributed by atoms with E-state index in [1.807, 2.05) is 4.90 Å². The third-order valence-electron chi connectivity index (χ3n) is 3.51. The maximum atomic E-state index is 12.5. The summed E-state index contributed by atoms with van der Waals surface area (Å²) in [6.45, 7) is 5.03. The molecule has 0 aromatic carbocycles. The summed E-state index contributed by atoms with van der Waals surface area (Å²) in [5.74, 6) is -0.417. The molecule has 0 bridgehead atoms. The quantitative estimate of drug-likeness (QED) is 0.755. The van der Waals surface area contributed by atoms with E-state index in [-0.39, 0.29) is 29.9 Å². The summed E-state index contributed by atoms with van der Waals surface area (Å²) >= 11 is 6.83. The van der Waals surface area contributed by atoms with E-state index in [0.29, 0.717) is 17.4 Å². The lowest BCUT2D eigenvalue weighted by Gasteiger charge is -2.33. The summed E-state index contributed by atoms with van der Waals surface area (Å²) < 4.78 is 27.0. The van der Waals surface area contributed by atoms with E-state index in [9.17, 15) is 18.0 Å². The smallest absolute Gasteiger partial charge is 0.321 e. The van der Waals surface area contributed by atoms with E-state index >= 15 is 0 Å². The number of urea groups is 1. The Morgan fingerprint density at radius 2 is 1.88 bits per heavy atom. The van der Waals surface area contributed by atoms with Crippen molar-refractivity contribution in [3.8, 4) is 0 Å². The zero-order valence-corrected chi connectivity index (χ0v) is 16.4. The number of piperazine rings is 1. The van der Waals surface area contributed by atoms with Crippen molar-refractivity contribution in [3.63, 3.8) is 0 Å². The van der Waals surface area contributed by atoms with Crippen LogP contribution >= 0.6 is 22.9 Å². The van der Waals surface area contributed by atoms with E-state index in [1.54, 1.807) is 19.9 Å². The van der Waals surface area contributed by atoms with Gasteiger partial charge in [0, 0.05) is 32.2 Å². The molecular formula is C14H21ClN4O4S2. The lowest BCUT2D eigenvalue weighted by Crippen LogP contribution is -2.52. The van der Waals surface area contributed by atoms with Gasteiger partial charge in [0.05, 0.1) is 10.9 Å². The van der Waals surface area contributed by atoms with Crippen LogP contribution in [0.25, 0.3) is 0 Å². The van der Waals surface area contributed by atoms with Gasteiger partial charge < -0.3 is 5.32 Å². The molecule has 3 amide bonds. The van der Waals surface area contributed by atoms with Gasteiger partial charge in [-0.25, -0.2) is 13.2 Å². The van der Waals surface area contributed by atoms with Crippen LogP contribution < -0.4 is 10.6 Å². The van der Waals surface area contributed by atoms with Gasteiger partial charge in [0.2, 0.25) is 5.91 Å². The van der Waals surface area contributed by atoms with Crippen LogP contribution in [-0.4, -0.2) is 68.3 Å². The molecule has 8 nitrogen and oxygen atoms in total. The number of imide groups is 1. The predicted molar refractivity (Wildman–Crippen MR) is 96.3 cm³/mol. The number of halogens is 1. The van der Waals surface area contributed by atoms with E-state index in [1.165, 1.54) is 10.4 Å². The van der Waals surface area contributed by atoms with Gasteiger partial charge in [0.1, 0.15) is 4.21 Å². The highest BCUT2D eigenvalue weighted by atomic mass is 35.5. The lowest BCUT2D eigenvalue weighted by atomic mass is 10.3. The molecule has 0 radical (unpaired) electrons. The molecule has 0 atom stereocenters. The molecular weight excluding hydrogens is 388 g/mol. The minimum absolute atomic E-state index is 0.0459. The maximum absolute atomic E-state index is 12.5. The Morgan fingerprint density at radius 3 is 2.40 bits per heavy atom. The SMILES string of the molecule is CC(C)NC(=O)NC(=O)CN1CCN(S(=O)(=O)c2ccc(Cl)s2)CC1. The molecule has 1 aliphatic rings. The highest BCUT2D eigenvalue weighted by Crippen LogP contribution is 2.28. The number of hydrogen-bond donors (Lipinski definition) is 2. The van der Waals surface area contributed by atoms with Crippen molar-refractivity contribution in [2.75, 3.05) is 32.7 Å². The lowest BCUT2D eigenvalue weighted by molar-refractivity contribution is -0.121. The van der Waals surface area contributed by atoms with Crippen molar-refractivity contribution in [2.24, 2.45) is 0 Å². The highest BCUT2D eigenvalue weighted by molar-refractivity contribution is 7.91. The molecule has 2 N–H and O–H groups in total. The van der Waals surface area contributed by atoms with E-state index < -0.39 is 22.0 Å². The minimum atomic E-state index is -3.55. The van der Waals surface area contributed by atoms with Crippen molar-refractivity contribution in [2.45, 2.75) is 24.1 Å². The molecule has 0 spiro atoms. The second kappa shape index (κ2) is 8.45. The van der Waals surface area contributed by atoms with Crippen molar-refractivity contribution < 1.29 is 18.0 Å². The maximum Gasteiger partial charge on any atom is 0.321 e. The van der Waals surface area contributed by atoms with Crippen LogP contribution in [0.3, 0.4) is 0 Å². The Balaban J connectivity index is 1.83. The van der Waals surface area contributed by atoms with Crippen LogP contribution in [0.1, 0.15) is 13.8 Å². The van der Waals surface area contributed by atoms with E-state index in [0.717, 1.165) is 11.3 Å². The second-order valence-corrected chi connectivity index (χ2v) is 9.79. The molecule has 0 unspecified atom stereocenters. The molecule has 1 aliphatic heterocycles. The number of nitrogens with zero attached hydrogens (tertiary/aromatic N) is 2. The summed E-state index contributed by atoms with van der Waals surface area (Å²) in [4.78, 5) is 25.1. The number of thiophene rings is 1. The van der Waals surface area contributed by atoms with E-state index in [2.05, 4.69) is 10.6 Å². The second-order valence-electron chi connectivity index (χ2n) is 5.92. The highest BCUT2D eigenvalue weighted by Gasteiger charge is 2.30. The van der Waals surface area contributed by atoms with Crippen LogP contribution in [0.2, 0.25) is 4.34 Å². The van der Waals surface area contributed by atoms with Gasteiger partial charge in [0.25, 0.3) is 10.0 Å². The number of hydrogen-bond acceptors (Lipinski definition) is 6. The van der Waals surface area contributed by atoms with Gasteiger partial charge in [-0.2, -0.15) is 4.31 Å². The van der Waals surface area contributed by atoms with Gasteiger partial charge in [-0.3, -0.25) is 15.0 Å². The van der Waals surface area contributed by atoms with Gasteiger partial charge in [-0.1, -0.05) is 11.6 Å². The average molecular weight is 409 g/mol. The van der Waals surface area contributed by atoms with Gasteiger partial charge in [-0.15, -0.1) is 11.3 Å². The fourth-order valence-electron chi connectivity index (χ4n) is 2.36. The Morgan fingerprint density at radius 1 is 1.24 bits per heavy atom. The van der Waals surface area contributed by atoms with Crippen molar-refractivity contribution in [3.05, 3.63) is 16.5 Å². The number of rotatable bonds is 5. The minimum Gasteiger partial charge on any atom is -0.336 e. The topological polar surface area (TPSA) is 98.8 Å². The Bertz CT molecular complexity index is 727. The summed E-state index contributed by atoms with van der Waals surface area (Å²) in [7, 11) is -3.55. The molecule has 2 rings (SSSR count). The molecule has 0 saturated carbocycles. The molecule has 11 heteroatoms. The van der Waals surface area contributed by atoms with Crippen LogP contribution in [0.4, 0.5) is 4.79 Å². The van der Waals surface area contributed by atoms with Gasteiger partial charge in [-0.05, 0) is 26.0 Å². The summed E-state index contributed by atoms with van der Waals surface area (Å²) in [5, 5.41) is 4.82.